The van der Waals surface area contributed by atoms with E-state index < -0.39 is 5.66 Å². The lowest BCUT2D eigenvalue weighted by atomic mass is 9.92. The van der Waals surface area contributed by atoms with Crippen LogP contribution in [0.2, 0.25) is 5.02 Å². The number of ether oxygens (including phenoxy) is 2. The molecular formula is C21H24ClN3O3. The molecule has 2 N–H and O–H groups in total. The quantitative estimate of drug-likeness (QED) is 0.820. The Labute approximate surface area is 169 Å². The zero-order valence-electron chi connectivity index (χ0n) is 16.0. The van der Waals surface area contributed by atoms with Crippen molar-refractivity contribution in [1.82, 2.24) is 10.2 Å². The van der Waals surface area contributed by atoms with E-state index in [-0.39, 0.29) is 5.91 Å². The second kappa shape index (κ2) is 7.53. The molecule has 0 atom stereocenters. The molecule has 2 heterocycles. The summed E-state index contributed by atoms with van der Waals surface area (Å²) in [6.07, 6.45) is 1.63. The van der Waals surface area contributed by atoms with Crippen molar-refractivity contribution in [2.24, 2.45) is 0 Å². The van der Waals surface area contributed by atoms with Gasteiger partial charge in [-0.15, -0.1) is 0 Å². The fourth-order valence-electron chi connectivity index (χ4n) is 4.05. The van der Waals surface area contributed by atoms with Gasteiger partial charge in [-0.3, -0.25) is 9.69 Å². The van der Waals surface area contributed by atoms with Gasteiger partial charge in [0.05, 0.1) is 19.8 Å². The Morgan fingerprint density at radius 1 is 1.11 bits per heavy atom. The van der Waals surface area contributed by atoms with Crippen LogP contribution in [0.5, 0.6) is 11.5 Å². The highest BCUT2D eigenvalue weighted by molar-refractivity contribution is 6.31. The van der Waals surface area contributed by atoms with Gasteiger partial charge < -0.3 is 20.1 Å². The van der Waals surface area contributed by atoms with Crippen LogP contribution >= 0.6 is 11.6 Å². The van der Waals surface area contributed by atoms with E-state index in [1.54, 1.807) is 20.3 Å². The molecule has 1 spiro atoms. The molecule has 0 bridgehead atoms. The summed E-state index contributed by atoms with van der Waals surface area (Å²) in [7, 11) is 3.31. The second-order valence-corrected chi connectivity index (χ2v) is 7.72. The number of fused-ring (bicyclic) bond motifs is 1. The van der Waals surface area contributed by atoms with Crippen LogP contribution in [0, 0.1) is 0 Å². The predicted molar refractivity (Wildman–Crippen MR) is 109 cm³/mol. The molecule has 1 fully saturated rings. The molecule has 6 nitrogen and oxygen atoms in total. The highest BCUT2D eigenvalue weighted by Gasteiger charge is 2.40. The Morgan fingerprint density at radius 3 is 2.61 bits per heavy atom. The molecule has 148 valence electrons. The average molecular weight is 402 g/mol. The summed E-state index contributed by atoms with van der Waals surface area (Å²) in [6, 6.07) is 11.3. The van der Waals surface area contributed by atoms with Crippen molar-refractivity contribution in [1.29, 1.82) is 0 Å². The third-order valence-electron chi connectivity index (χ3n) is 5.54. The van der Waals surface area contributed by atoms with Crippen LogP contribution in [0.25, 0.3) is 0 Å². The number of methoxy groups -OCH3 is 2. The zero-order valence-corrected chi connectivity index (χ0v) is 16.8. The van der Waals surface area contributed by atoms with Crippen molar-refractivity contribution in [2.45, 2.75) is 25.0 Å². The van der Waals surface area contributed by atoms with Gasteiger partial charge in [-0.05, 0) is 24.3 Å². The Kier molecular flexibility index (Phi) is 5.08. The highest BCUT2D eigenvalue weighted by atomic mass is 35.5. The van der Waals surface area contributed by atoms with Gasteiger partial charge in [-0.1, -0.05) is 23.7 Å². The first kappa shape index (κ1) is 18.9. The van der Waals surface area contributed by atoms with E-state index in [0.29, 0.717) is 10.6 Å². The van der Waals surface area contributed by atoms with Gasteiger partial charge in [0.15, 0.2) is 11.5 Å². The molecule has 2 aromatic carbocycles. The minimum Gasteiger partial charge on any atom is -0.493 e. The number of carbonyl (C=O) groups excluding carboxylic acids is 1. The molecule has 7 heteroatoms. The standard InChI is InChI=1S/C21H24ClN3O3/c1-27-18-5-3-4-14(19(18)28-2)13-25-10-8-21(9-11-25)23-17-7-6-15(22)12-16(17)20(26)24-21/h3-7,12,23H,8-11,13H2,1-2H3,(H,24,26). The number of hydrogen-bond acceptors (Lipinski definition) is 5. The first-order chi connectivity index (χ1) is 13.5. The third kappa shape index (κ3) is 3.50. The number of piperidine rings is 1. The Hall–Kier alpha value is -2.44. The summed E-state index contributed by atoms with van der Waals surface area (Å²) in [4.78, 5) is 15.0. The summed E-state index contributed by atoms with van der Waals surface area (Å²) in [5.74, 6) is 1.45. The summed E-state index contributed by atoms with van der Waals surface area (Å²) >= 11 is 6.03. The van der Waals surface area contributed by atoms with E-state index in [9.17, 15) is 4.79 Å². The third-order valence-corrected chi connectivity index (χ3v) is 5.78. The number of likely N-dealkylation sites (tertiary alicyclic amines) is 1. The molecule has 2 aliphatic heterocycles. The number of amides is 1. The van der Waals surface area contributed by atoms with E-state index in [2.05, 4.69) is 21.6 Å². The molecule has 1 amide bonds. The van der Waals surface area contributed by atoms with Crippen LogP contribution in [0.1, 0.15) is 28.8 Å². The Bertz CT molecular complexity index is 894. The monoisotopic (exact) mass is 401 g/mol. The number of halogens is 1. The lowest BCUT2D eigenvalue weighted by Crippen LogP contribution is -2.62. The summed E-state index contributed by atoms with van der Waals surface area (Å²) in [5, 5.41) is 7.26. The number of para-hydroxylation sites is 1. The molecule has 0 radical (unpaired) electrons. The van der Waals surface area contributed by atoms with E-state index in [4.69, 9.17) is 21.1 Å². The van der Waals surface area contributed by atoms with Gasteiger partial charge in [0.25, 0.3) is 5.91 Å². The van der Waals surface area contributed by atoms with Gasteiger partial charge in [-0.2, -0.15) is 0 Å². The van der Waals surface area contributed by atoms with Crippen LogP contribution in [-0.2, 0) is 6.54 Å². The lowest BCUT2D eigenvalue weighted by molar-refractivity contribution is 0.0821. The van der Waals surface area contributed by atoms with Crippen molar-refractivity contribution in [3.05, 3.63) is 52.5 Å². The van der Waals surface area contributed by atoms with Gasteiger partial charge in [0, 0.05) is 48.7 Å². The second-order valence-electron chi connectivity index (χ2n) is 7.28. The van der Waals surface area contributed by atoms with Crippen LogP contribution < -0.4 is 20.1 Å². The molecule has 1 saturated heterocycles. The fraction of sp³-hybridized carbons (Fsp3) is 0.381. The number of benzene rings is 2. The van der Waals surface area contributed by atoms with Crippen molar-refractivity contribution in [2.75, 3.05) is 32.6 Å². The average Bonchev–Trinajstić information content (AvgIpc) is 2.70. The van der Waals surface area contributed by atoms with Crippen LogP contribution in [0.3, 0.4) is 0 Å². The van der Waals surface area contributed by atoms with Crippen molar-refractivity contribution >= 4 is 23.2 Å². The summed E-state index contributed by atoms with van der Waals surface area (Å²) in [5.41, 5.74) is 2.13. The molecule has 0 aromatic heterocycles. The zero-order chi connectivity index (χ0) is 19.7. The largest absolute Gasteiger partial charge is 0.493 e. The maximum Gasteiger partial charge on any atom is 0.255 e. The van der Waals surface area contributed by atoms with Crippen molar-refractivity contribution in [3.8, 4) is 11.5 Å². The van der Waals surface area contributed by atoms with Crippen molar-refractivity contribution in [3.63, 3.8) is 0 Å². The van der Waals surface area contributed by atoms with E-state index in [1.165, 1.54) is 0 Å². The predicted octanol–water partition coefficient (Wildman–Crippen LogP) is 3.50. The number of nitrogens with one attached hydrogen (secondary N) is 2. The topological polar surface area (TPSA) is 62.8 Å². The highest BCUT2D eigenvalue weighted by Crippen LogP contribution is 2.35. The molecule has 0 aliphatic carbocycles. The van der Waals surface area contributed by atoms with Gasteiger partial charge >= 0.3 is 0 Å². The molecular weight excluding hydrogens is 378 g/mol. The van der Waals surface area contributed by atoms with E-state index in [0.717, 1.165) is 55.2 Å². The number of carbonyl (C=O) groups is 1. The lowest BCUT2D eigenvalue weighted by Gasteiger charge is -2.46. The minimum atomic E-state index is -0.410. The number of nitrogens with zero attached hydrogens (tertiary/aromatic N) is 1. The number of rotatable bonds is 4. The van der Waals surface area contributed by atoms with Crippen LogP contribution in [0.15, 0.2) is 36.4 Å². The Morgan fingerprint density at radius 2 is 1.89 bits per heavy atom. The molecule has 28 heavy (non-hydrogen) atoms. The van der Waals surface area contributed by atoms with Gasteiger partial charge in [0.2, 0.25) is 0 Å². The summed E-state index contributed by atoms with van der Waals surface area (Å²) in [6.45, 7) is 2.49. The normalized spacial score (nSPS) is 18.2. The first-order valence-electron chi connectivity index (χ1n) is 9.36. The number of hydrogen-bond donors (Lipinski definition) is 2. The molecule has 2 aliphatic rings. The SMILES string of the molecule is COc1cccc(CN2CCC3(CC2)NC(=O)c2cc(Cl)ccc2N3)c1OC. The van der Waals surface area contributed by atoms with Gasteiger partial charge in [0.1, 0.15) is 5.66 Å². The minimum absolute atomic E-state index is 0.0702. The van der Waals surface area contributed by atoms with Crippen molar-refractivity contribution < 1.29 is 14.3 Å². The maximum atomic E-state index is 12.6. The number of anilines is 1. The maximum absolute atomic E-state index is 12.6. The molecule has 0 unspecified atom stereocenters. The molecule has 4 rings (SSSR count). The fourth-order valence-corrected chi connectivity index (χ4v) is 4.22. The molecule has 0 saturated carbocycles. The van der Waals surface area contributed by atoms with Gasteiger partial charge in [-0.25, -0.2) is 0 Å². The van der Waals surface area contributed by atoms with Crippen LogP contribution in [0.4, 0.5) is 5.69 Å². The van der Waals surface area contributed by atoms with E-state index >= 15 is 0 Å². The smallest absolute Gasteiger partial charge is 0.255 e. The van der Waals surface area contributed by atoms with E-state index in [1.807, 2.05) is 24.3 Å². The first-order valence-corrected chi connectivity index (χ1v) is 9.74. The van der Waals surface area contributed by atoms with Crippen LogP contribution in [-0.4, -0.2) is 43.8 Å². The summed E-state index contributed by atoms with van der Waals surface area (Å²) < 4.78 is 10.9. The molecule has 2 aromatic rings. The Balaban J connectivity index is 1.46.